The number of aryl methyl sites for hydroxylation is 1. The zero-order valence-electron chi connectivity index (χ0n) is 17.1. The molecule has 0 saturated heterocycles. The summed E-state index contributed by atoms with van der Waals surface area (Å²) >= 11 is 0. The van der Waals surface area contributed by atoms with Crippen LogP contribution in [0.2, 0.25) is 0 Å². The van der Waals surface area contributed by atoms with Gasteiger partial charge in [-0.25, -0.2) is 9.37 Å². The van der Waals surface area contributed by atoms with E-state index >= 15 is 0 Å². The number of aromatic nitrogens is 1. The summed E-state index contributed by atoms with van der Waals surface area (Å²) in [5.74, 6) is -4.82. The first-order valence-corrected chi connectivity index (χ1v) is 9.66. The van der Waals surface area contributed by atoms with Gasteiger partial charge in [-0.15, -0.1) is 0 Å². The maximum atomic E-state index is 13.8. The van der Waals surface area contributed by atoms with Gasteiger partial charge in [0.25, 0.3) is 11.9 Å². The number of ether oxygens (including phenoxy) is 1. The number of furan rings is 1. The first kappa shape index (κ1) is 21.9. The fourth-order valence-electron chi connectivity index (χ4n) is 3.02. The van der Waals surface area contributed by atoms with Gasteiger partial charge >= 0.3 is 0 Å². The Bertz CT molecular complexity index is 1310. The Labute approximate surface area is 185 Å². The zero-order chi connectivity index (χ0) is 23.5. The van der Waals surface area contributed by atoms with E-state index in [4.69, 9.17) is 9.15 Å². The summed E-state index contributed by atoms with van der Waals surface area (Å²) in [6.45, 7) is 0.932. The molecule has 0 unspecified atom stereocenters. The lowest BCUT2D eigenvalue weighted by molar-refractivity contribution is -0.116. The van der Waals surface area contributed by atoms with Crippen molar-refractivity contribution in [2.24, 2.45) is 0 Å². The van der Waals surface area contributed by atoms with Crippen LogP contribution in [-0.4, -0.2) is 16.8 Å². The average Bonchev–Trinajstić information content (AvgIpc) is 3.24. The van der Waals surface area contributed by atoms with Crippen molar-refractivity contribution in [1.82, 2.24) is 10.3 Å². The highest BCUT2D eigenvalue weighted by Gasteiger charge is 2.22. The van der Waals surface area contributed by atoms with Crippen molar-refractivity contribution in [2.75, 3.05) is 5.32 Å². The molecule has 0 fully saturated rings. The quantitative estimate of drug-likeness (QED) is 0.446. The summed E-state index contributed by atoms with van der Waals surface area (Å²) < 4.78 is 51.2. The van der Waals surface area contributed by atoms with Crippen LogP contribution in [0, 0.1) is 24.5 Å². The zero-order valence-corrected chi connectivity index (χ0v) is 17.1. The molecule has 2 N–H and O–H groups in total. The summed E-state index contributed by atoms with van der Waals surface area (Å²) in [7, 11) is 0. The molecule has 1 aromatic carbocycles. The fourth-order valence-corrected chi connectivity index (χ4v) is 3.02. The second-order valence-electron chi connectivity index (χ2n) is 6.99. The van der Waals surface area contributed by atoms with E-state index in [-0.39, 0.29) is 23.6 Å². The number of halogens is 3. The Balaban J connectivity index is 1.39. The number of benzene rings is 1. The van der Waals surface area contributed by atoms with Gasteiger partial charge in [0.1, 0.15) is 5.76 Å². The van der Waals surface area contributed by atoms with Crippen molar-refractivity contribution in [2.45, 2.75) is 13.5 Å². The molecule has 0 atom stereocenters. The Morgan fingerprint density at radius 3 is 2.82 bits per heavy atom. The number of amides is 2. The number of para-hydroxylation sites is 2. The topological polar surface area (TPSA) is 93.5 Å². The minimum absolute atomic E-state index is 0.0360. The Kier molecular flexibility index (Phi) is 5.99. The summed E-state index contributed by atoms with van der Waals surface area (Å²) in [5.41, 5.74) is 0.744. The van der Waals surface area contributed by atoms with E-state index in [9.17, 15) is 22.8 Å². The van der Waals surface area contributed by atoms with Crippen LogP contribution in [0.15, 0.2) is 52.8 Å². The normalized spacial score (nSPS) is 14.2. The van der Waals surface area contributed by atoms with Gasteiger partial charge in [0, 0.05) is 35.5 Å². The number of hydrogen-bond acceptors (Lipinski definition) is 5. The van der Waals surface area contributed by atoms with Crippen LogP contribution < -0.4 is 15.4 Å². The van der Waals surface area contributed by atoms with E-state index in [0.29, 0.717) is 22.8 Å². The number of fused-ring (bicyclic) bond motifs is 1. The molecular weight excluding hydrogens is 439 g/mol. The number of rotatable bonds is 5. The Morgan fingerprint density at radius 1 is 1.21 bits per heavy atom. The summed E-state index contributed by atoms with van der Waals surface area (Å²) in [6, 6.07) is 8.53. The molecule has 3 aromatic rings. The number of pyridine rings is 1. The van der Waals surface area contributed by atoms with Gasteiger partial charge in [0.2, 0.25) is 11.7 Å². The van der Waals surface area contributed by atoms with Crippen LogP contribution in [0.5, 0.6) is 5.75 Å². The summed E-state index contributed by atoms with van der Waals surface area (Å²) in [6.07, 6.45) is 5.34. The fraction of sp³-hybridized carbons (Fsp3) is 0.0870. The monoisotopic (exact) mass is 455 g/mol. The van der Waals surface area contributed by atoms with E-state index < -0.39 is 29.4 Å². The predicted octanol–water partition coefficient (Wildman–Crippen LogP) is 4.10. The summed E-state index contributed by atoms with van der Waals surface area (Å²) in [4.78, 5) is 27.5. The highest BCUT2D eigenvalue weighted by atomic mass is 19.2. The minimum Gasteiger partial charge on any atom is -0.464 e. The first-order chi connectivity index (χ1) is 15.8. The molecule has 168 valence electrons. The van der Waals surface area contributed by atoms with Crippen molar-refractivity contribution >= 4 is 29.7 Å². The number of hydrogen-bond donors (Lipinski definition) is 2. The third-order valence-electron chi connectivity index (χ3n) is 4.70. The largest absolute Gasteiger partial charge is 0.464 e. The molecule has 10 heteroatoms. The van der Waals surface area contributed by atoms with Gasteiger partial charge in [0.15, 0.2) is 17.3 Å². The van der Waals surface area contributed by atoms with Gasteiger partial charge in [-0.2, -0.15) is 8.78 Å². The van der Waals surface area contributed by atoms with Gasteiger partial charge < -0.3 is 19.8 Å². The number of nitrogens with one attached hydrogen (secondary N) is 2. The molecule has 0 saturated carbocycles. The molecule has 0 radical (unpaired) electrons. The molecule has 1 aliphatic heterocycles. The van der Waals surface area contributed by atoms with E-state index in [1.807, 2.05) is 0 Å². The lowest BCUT2D eigenvalue weighted by Crippen LogP contribution is -2.23. The third-order valence-corrected chi connectivity index (χ3v) is 4.70. The van der Waals surface area contributed by atoms with Gasteiger partial charge in [-0.3, -0.25) is 9.59 Å². The molecule has 1 aliphatic rings. The van der Waals surface area contributed by atoms with Crippen LogP contribution in [-0.2, 0) is 16.1 Å². The molecule has 33 heavy (non-hydrogen) atoms. The van der Waals surface area contributed by atoms with Crippen LogP contribution in [0.1, 0.15) is 22.6 Å². The molecule has 4 rings (SSSR count). The standard InChI is InChI=1S/C23H16F3N3O4/c1-12-15(20(24)21(25)22(26)28-12)10-27-19(30)7-6-13-8-14(32-11-13)9-18-23(31)29-16-4-2-3-5-17(16)33-18/h2-9,11H,10H2,1H3,(H,27,30)(H,29,31)/b7-6+,18-9-. The van der Waals surface area contributed by atoms with Crippen LogP contribution in [0.3, 0.4) is 0 Å². The van der Waals surface area contributed by atoms with Crippen molar-refractivity contribution in [3.05, 3.63) is 88.6 Å². The first-order valence-electron chi connectivity index (χ1n) is 9.66. The highest BCUT2D eigenvalue weighted by Crippen LogP contribution is 2.31. The number of carbonyl (C=O) groups is 2. The van der Waals surface area contributed by atoms with Crippen LogP contribution >= 0.6 is 0 Å². The van der Waals surface area contributed by atoms with Crippen LogP contribution in [0.25, 0.3) is 12.2 Å². The average molecular weight is 455 g/mol. The van der Waals surface area contributed by atoms with Gasteiger partial charge in [-0.05, 0) is 31.2 Å². The predicted molar refractivity (Wildman–Crippen MR) is 112 cm³/mol. The maximum Gasteiger partial charge on any atom is 0.291 e. The van der Waals surface area contributed by atoms with E-state index in [1.54, 1.807) is 30.3 Å². The molecule has 2 amide bonds. The lowest BCUT2D eigenvalue weighted by Gasteiger charge is -2.19. The maximum absolute atomic E-state index is 13.8. The van der Waals surface area contributed by atoms with Crippen molar-refractivity contribution in [1.29, 1.82) is 0 Å². The van der Waals surface area contributed by atoms with Gasteiger partial charge in [-0.1, -0.05) is 12.1 Å². The minimum atomic E-state index is -1.69. The molecule has 0 aliphatic carbocycles. The van der Waals surface area contributed by atoms with E-state index in [2.05, 4.69) is 15.6 Å². The Morgan fingerprint density at radius 2 is 2.00 bits per heavy atom. The molecule has 7 nitrogen and oxygen atoms in total. The molecular formula is C23H16F3N3O4. The Hall–Kier alpha value is -4.34. The summed E-state index contributed by atoms with van der Waals surface area (Å²) in [5, 5.41) is 5.08. The van der Waals surface area contributed by atoms with Crippen LogP contribution in [0.4, 0.5) is 18.9 Å². The van der Waals surface area contributed by atoms with E-state index in [0.717, 1.165) is 6.08 Å². The lowest BCUT2D eigenvalue weighted by atomic mass is 10.2. The number of carbonyl (C=O) groups excluding carboxylic acids is 2. The van der Waals surface area contributed by atoms with Crippen molar-refractivity contribution in [3.8, 4) is 5.75 Å². The second kappa shape index (κ2) is 9.03. The smallest absolute Gasteiger partial charge is 0.291 e. The van der Waals surface area contributed by atoms with E-state index in [1.165, 1.54) is 25.3 Å². The molecule has 3 heterocycles. The molecule has 2 aromatic heterocycles. The highest BCUT2D eigenvalue weighted by molar-refractivity contribution is 6.08. The molecule has 0 spiro atoms. The second-order valence-corrected chi connectivity index (χ2v) is 6.99. The number of anilines is 1. The van der Waals surface area contributed by atoms with Crippen molar-refractivity contribution < 1.29 is 31.9 Å². The van der Waals surface area contributed by atoms with Crippen molar-refractivity contribution in [3.63, 3.8) is 0 Å². The van der Waals surface area contributed by atoms with Gasteiger partial charge in [0.05, 0.1) is 12.0 Å². The molecule has 0 bridgehead atoms. The number of nitrogens with zero attached hydrogens (tertiary/aromatic N) is 1. The third kappa shape index (κ3) is 4.79. The SMILES string of the molecule is Cc1nc(F)c(F)c(F)c1CNC(=O)/C=C/c1coc(/C=C2\Oc3ccccc3NC2=O)c1.